The van der Waals surface area contributed by atoms with Crippen LogP contribution in [0, 0.1) is 11.8 Å². The van der Waals surface area contributed by atoms with Gasteiger partial charge in [-0.05, 0) is 43.2 Å². The van der Waals surface area contributed by atoms with Crippen LogP contribution in [-0.2, 0) is 0 Å². The second-order valence-electron chi connectivity index (χ2n) is 5.87. The van der Waals surface area contributed by atoms with Crippen LogP contribution in [0.4, 0.5) is 0 Å². The van der Waals surface area contributed by atoms with Gasteiger partial charge in [-0.1, -0.05) is 32.0 Å². The molecule has 100 valence electrons. The molecule has 19 heavy (non-hydrogen) atoms. The van der Waals surface area contributed by atoms with E-state index in [4.69, 9.17) is 4.74 Å². The molecule has 3 atom stereocenters. The fraction of sp³-hybridized carbons (Fsp3) is 0.471. The van der Waals surface area contributed by atoms with Crippen molar-refractivity contribution in [3.8, 4) is 5.75 Å². The molecule has 3 unspecified atom stereocenters. The first-order valence-electron chi connectivity index (χ1n) is 7.24. The number of para-hydroxylation sites is 1. The third-order valence-corrected chi connectivity index (χ3v) is 4.42. The largest absolute Gasteiger partial charge is 0.489 e. The van der Waals surface area contributed by atoms with Crippen LogP contribution in [-0.4, -0.2) is 11.1 Å². The molecule has 2 heteroatoms. The maximum Gasteiger partial charge on any atom is 0.138 e. The topological polar surface area (TPSA) is 22.1 Å². The molecule has 1 aromatic heterocycles. The van der Waals surface area contributed by atoms with Gasteiger partial charge in [-0.2, -0.15) is 0 Å². The average Bonchev–Trinajstić information content (AvgIpc) is 2.43. The number of ether oxygens (including phenoxy) is 1. The van der Waals surface area contributed by atoms with Crippen molar-refractivity contribution < 1.29 is 4.74 Å². The van der Waals surface area contributed by atoms with Gasteiger partial charge in [0.2, 0.25) is 0 Å². The van der Waals surface area contributed by atoms with Gasteiger partial charge in [-0.15, -0.1) is 0 Å². The fourth-order valence-electron chi connectivity index (χ4n) is 2.91. The maximum absolute atomic E-state index is 6.12. The molecular formula is C17H21NO. The Bertz CT molecular complexity index is 566. The van der Waals surface area contributed by atoms with Crippen LogP contribution in [0.25, 0.3) is 10.9 Å². The van der Waals surface area contributed by atoms with E-state index < -0.39 is 0 Å². The van der Waals surface area contributed by atoms with Crippen LogP contribution < -0.4 is 4.74 Å². The quantitative estimate of drug-likeness (QED) is 0.791. The van der Waals surface area contributed by atoms with Crippen LogP contribution in [0.3, 0.4) is 0 Å². The van der Waals surface area contributed by atoms with Gasteiger partial charge in [0.25, 0.3) is 0 Å². The Balaban J connectivity index is 1.74. The number of hydrogen-bond acceptors (Lipinski definition) is 2. The predicted molar refractivity (Wildman–Crippen MR) is 78.3 cm³/mol. The predicted octanol–water partition coefficient (Wildman–Crippen LogP) is 4.44. The minimum atomic E-state index is 0.356. The van der Waals surface area contributed by atoms with Gasteiger partial charge in [-0.25, -0.2) is 0 Å². The van der Waals surface area contributed by atoms with Crippen LogP contribution in [0.2, 0.25) is 0 Å². The minimum absolute atomic E-state index is 0.356. The number of hydrogen-bond donors (Lipinski definition) is 0. The van der Waals surface area contributed by atoms with Gasteiger partial charge in [-0.3, -0.25) is 4.98 Å². The smallest absolute Gasteiger partial charge is 0.138 e. The summed E-state index contributed by atoms with van der Waals surface area (Å²) in [6.07, 6.45) is 5.80. The number of pyridine rings is 1. The molecule has 1 aliphatic carbocycles. The maximum atomic E-state index is 6.12. The van der Waals surface area contributed by atoms with Crippen molar-refractivity contribution in [2.45, 2.75) is 39.2 Å². The van der Waals surface area contributed by atoms with Gasteiger partial charge in [0, 0.05) is 5.39 Å². The highest BCUT2D eigenvalue weighted by molar-refractivity contribution is 5.79. The lowest BCUT2D eigenvalue weighted by molar-refractivity contribution is 0.100. The van der Waals surface area contributed by atoms with E-state index in [2.05, 4.69) is 31.0 Å². The zero-order chi connectivity index (χ0) is 13.2. The molecule has 3 rings (SSSR count). The monoisotopic (exact) mass is 255 g/mol. The van der Waals surface area contributed by atoms with E-state index in [1.807, 2.05) is 24.4 Å². The Morgan fingerprint density at radius 1 is 1.11 bits per heavy atom. The first kappa shape index (κ1) is 12.5. The molecule has 0 N–H and O–H groups in total. The zero-order valence-corrected chi connectivity index (χ0v) is 11.7. The van der Waals surface area contributed by atoms with Crippen molar-refractivity contribution in [3.63, 3.8) is 0 Å². The van der Waals surface area contributed by atoms with Crippen molar-refractivity contribution >= 4 is 10.9 Å². The molecule has 0 bridgehead atoms. The summed E-state index contributed by atoms with van der Waals surface area (Å²) in [4.78, 5) is 4.46. The summed E-state index contributed by atoms with van der Waals surface area (Å²) in [6.45, 7) is 4.68. The Morgan fingerprint density at radius 2 is 1.95 bits per heavy atom. The Morgan fingerprint density at radius 3 is 2.79 bits per heavy atom. The van der Waals surface area contributed by atoms with Crippen LogP contribution >= 0.6 is 0 Å². The molecule has 0 amide bonds. The van der Waals surface area contributed by atoms with E-state index in [0.717, 1.165) is 34.9 Å². The number of nitrogens with zero attached hydrogens (tertiary/aromatic N) is 1. The standard InChI is InChI=1S/C17H21NO/c1-12-7-8-15(9-13(12)2)19-16-10-14-5-3-4-6-17(14)18-11-16/h3-6,10-13,15H,7-9H2,1-2H3. The summed E-state index contributed by atoms with van der Waals surface area (Å²) >= 11 is 0. The van der Waals surface area contributed by atoms with E-state index >= 15 is 0 Å². The lowest BCUT2D eigenvalue weighted by atomic mass is 9.80. The molecule has 0 saturated heterocycles. The Kier molecular flexibility index (Phi) is 3.41. The van der Waals surface area contributed by atoms with Gasteiger partial charge < -0.3 is 4.74 Å². The molecule has 1 aromatic carbocycles. The minimum Gasteiger partial charge on any atom is -0.489 e. The SMILES string of the molecule is CC1CCC(Oc2cnc3ccccc3c2)CC1C. The van der Waals surface area contributed by atoms with E-state index in [-0.39, 0.29) is 0 Å². The second-order valence-corrected chi connectivity index (χ2v) is 5.87. The van der Waals surface area contributed by atoms with Crippen molar-refractivity contribution in [2.75, 3.05) is 0 Å². The first-order chi connectivity index (χ1) is 9.22. The van der Waals surface area contributed by atoms with Crippen molar-refractivity contribution in [1.82, 2.24) is 4.98 Å². The van der Waals surface area contributed by atoms with Gasteiger partial charge in [0.05, 0.1) is 17.8 Å². The summed E-state index contributed by atoms with van der Waals surface area (Å²) in [5, 5.41) is 1.15. The number of fused-ring (bicyclic) bond motifs is 1. The summed E-state index contributed by atoms with van der Waals surface area (Å²) in [5.41, 5.74) is 1.03. The van der Waals surface area contributed by atoms with E-state index in [1.165, 1.54) is 12.8 Å². The van der Waals surface area contributed by atoms with Gasteiger partial charge >= 0.3 is 0 Å². The lowest BCUT2D eigenvalue weighted by Gasteiger charge is -2.32. The third-order valence-electron chi connectivity index (χ3n) is 4.42. The molecule has 2 aromatic rings. The third kappa shape index (κ3) is 2.73. The molecule has 0 spiro atoms. The first-order valence-corrected chi connectivity index (χ1v) is 7.24. The highest BCUT2D eigenvalue weighted by Crippen LogP contribution is 2.32. The van der Waals surface area contributed by atoms with Crippen molar-refractivity contribution in [2.24, 2.45) is 11.8 Å². The normalized spacial score (nSPS) is 27.4. The molecule has 1 aliphatic rings. The van der Waals surface area contributed by atoms with Crippen molar-refractivity contribution in [3.05, 3.63) is 36.5 Å². The molecule has 2 nitrogen and oxygen atoms in total. The molecule has 1 saturated carbocycles. The summed E-state index contributed by atoms with van der Waals surface area (Å²) in [7, 11) is 0. The molecule has 0 radical (unpaired) electrons. The van der Waals surface area contributed by atoms with Gasteiger partial charge in [0.1, 0.15) is 5.75 Å². The molecule has 1 fully saturated rings. The number of rotatable bonds is 2. The van der Waals surface area contributed by atoms with Crippen molar-refractivity contribution in [1.29, 1.82) is 0 Å². The van der Waals surface area contributed by atoms with E-state index in [0.29, 0.717) is 6.10 Å². The Labute approximate surface area is 114 Å². The fourth-order valence-corrected chi connectivity index (χ4v) is 2.91. The van der Waals surface area contributed by atoms with E-state index in [9.17, 15) is 0 Å². The highest BCUT2D eigenvalue weighted by Gasteiger charge is 2.25. The molecule has 0 aliphatic heterocycles. The summed E-state index contributed by atoms with van der Waals surface area (Å²) < 4.78 is 6.12. The average molecular weight is 255 g/mol. The number of benzene rings is 1. The Hall–Kier alpha value is -1.57. The van der Waals surface area contributed by atoms with Crippen LogP contribution in [0.5, 0.6) is 5.75 Å². The summed E-state index contributed by atoms with van der Waals surface area (Å²) in [6, 6.07) is 10.3. The van der Waals surface area contributed by atoms with Gasteiger partial charge in [0.15, 0.2) is 0 Å². The zero-order valence-electron chi connectivity index (χ0n) is 11.7. The second kappa shape index (κ2) is 5.20. The highest BCUT2D eigenvalue weighted by atomic mass is 16.5. The van der Waals surface area contributed by atoms with Crippen LogP contribution in [0.15, 0.2) is 36.5 Å². The van der Waals surface area contributed by atoms with E-state index in [1.54, 1.807) is 0 Å². The van der Waals surface area contributed by atoms with Crippen LogP contribution in [0.1, 0.15) is 33.1 Å². The molecule has 1 heterocycles. The molecular weight excluding hydrogens is 234 g/mol. The number of aromatic nitrogens is 1. The lowest BCUT2D eigenvalue weighted by Crippen LogP contribution is -2.28. The summed E-state index contributed by atoms with van der Waals surface area (Å²) in [5.74, 6) is 2.49.